The van der Waals surface area contributed by atoms with Crippen molar-refractivity contribution in [1.82, 2.24) is 9.97 Å². The Kier molecular flexibility index (Phi) is 6.09. The minimum Gasteiger partial charge on any atom is -0.508 e. The largest absolute Gasteiger partial charge is 0.508 e. The van der Waals surface area contributed by atoms with Crippen LogP contribution in [0.3, 0.4) is 0 Å². The Morgan fingerprint density at radius 2 is 1.65 bits per heavy atom. The molecule has 0 fully saturated rings. The molecule has 0 bridgehead atoms. The summed E-state index contributed by atoms with van der Waals surface area (Å²) in [5.41, 5.74) is 8.31. The lowest BCUT2D eigenvalue weighted by atomic mass is 10.1. The predicted octanol–water partition coefficient (Wildman–Crippen LogP) is 6.42. The van der Waals surface area contributed by atoms with Crippen molar-refractivity contribution in [2.75, 3.05) is 5.43 Å². The molecule has 6 heteroatoms. The maximum Gasteiger partial charge on any atom is 0.162 e. The summed E-state index contributed by atoms with van der Waals surface area (Å²) >= 11 is 3.47. The van der Waals surface area contributed by atoms with Gasteiger partial charge in [-0.1, -0.05) is 58.4 Å². The lowest BCUT2D eigenvalue weighted by molar-refractivity contribution is 0.471. The van der Waals surface area contributed by atoms with Gasteiger partial charge in [0, 0.05) is 21.7 Å². The van der Waals surface area contributed by atoms with Crippen molar-refractivity contribution in [1.29, 1.82) is 0 Å². The SMILES string of the molecule is CC(=NNc1cc(-c2ccccc2)nc(-c2ccc(Br)cc2)n1)c1ccc(O)c(C)c1. The van der Waals surface area contributed by atoms with Crippen molar-refractivity contribution in [3.63, 3.8) is 0 Å². The minimum absolute atomic E-state index is 0.270. The van der Waals surface area contributed by atoms with Gasteiger partial charge in [0.05, 0.1) is 11.4 Å². The third-order valence-corrected chi connectivity index (χ3v) is 5.38. The van der Waals surface area contributed by atoms with Gasteiger partial charge >= 0.3 is 0 Å². The molecule has 0 aliphatic heterocycles. The zero-order chi connectivity index (χ0) is 21.8. The second kappa shape index (κ2) is 9.10. The van der Waals surface area contributed by atoms with Crippen LogP contribution in [0.5, 0.6) is 5.75 Å². The number of rotatable bonds is 5. The van der Waals surface area contributed by atoms with E-state index in [4.69, 9.17) is 4.98 Å². The number of anilines is 1. The van der Waals surface area contributed by atoms with Gasteiger partial charge in [0.1, 0.15) is 5.75 Å². The van der Waals surface area contributed by atoms with E-state index >= 15 is 0 Å². The normalized spacial score (nSPS) is 11.4. The van der Waals surface area contributed by atoms with Crippen LogP contribution < -0.4 is 5.43 Å². The highest BCUT2D eigenvalue weighted by Gasteiger charge is 2.09. The number of aryl methyl sites for hydroxylation is 1. The summed E-state index contributed by atoms with van der Waals surface area (Å²) < 4.78 is 0.998. The molecule has 3 aromatic carbocycles. The number of aromatic hydroxyl groups is 1. The van der Waals surface area contributed by atoms with E-state index in [1.54, 1.807) is 6.07 Å². The number of nitrogens with zero attached hydrogens (tertiary/aromatic N) is 3. The topological polar surface area (TPSA) is 70.4 Å². The predicted molar refractivity (Wildman–Crippen MR) is 129 cm³/mol. The first-order valence-corrected chi connectivity index (χ1v) is 10.6. The molecule has 5 nitrogen and oxygen atoms in total. The number of halogens is 1. The highest BCUT2D eigenvalue weighted by molar-refractivity contribution is 9.10. The Hall–Kier alpha value is -3.51. The molecular formula is C25H21BrN4O. The first kappa shape index (κ1) is 20.8. The van der Waals surface area contributed by atoms with Crippen LogP contribution in [0, 0.1) is 6.92 Å². The van der Waals surface area contributed by atoms with Gasteiger partial charge in [-0.2, -0.15) is 5.10 Å². The lowest BCUT2D eigenvalue weighted by Gasteiger charge is -2.10. The molecule has 0 unspecified atom stereocenters. The number of aromatic nitrogens is 2. The van der Waals surface area contributed by atoms with Crippen LogP contribution in [0.2, 0.25) is 0 Å². The van der Waals surface area contributed by atoms with Gasteiger partial charge in [0.15, 0.2) is 11.6 Å². The molecule has 1 aromatic heterocycles. The summed E-state index contributed by atoms with van der Waals surface area (Å²) in [5.74, 6) is 1.48. The number of nitrogens with one attached hydrogen (secondary N) is 1. The second-order valence-corrected chi connectivity index (χ2v) is 8.06. The van der Waals surface area contributed by atoms with Crippen LogP contribution in [-0.4, -0.2) is 20.8 Å². The highest BCUT2D eigenvalue weighted by Crippen LogP contribution is 2.25. The summed E-state index contributed by atoms with van der Waals surface area (Å²) in [5, 5.41) is 14.3. The van der Waals surface area contributed by atoms with Crippen molar-refractivity contribution < 1.29 is 5.11 Å². The summed E-state index contributed by atoms with van der Waals surface area (Å²) in [4.78, 5) is 9.44. The first-order chi connectivity index (χ1) is 15.0. The maximum absolute atomic E-state index is 9.75. The lowest BCUT2D eigenvalue weighted by Crippen LogP contribution is -2.03. The van der Waals surface area contributed by atoms with E-state index in [1.165, 1.54) is 0 Å². The molecule has 4 rings (SSSR count). The molecule has 1 heterocycles. The van der Waals surface area contributed by atoms with Crippen LogP contribution in [0.25, 0.3) is 22.6 Å². The van der Waals surface area contributed by atoms with E-state index in [2.05, 4.69) is 31.4 Å². The van der Waals surface area contributed by atoms with Gasteiger partial charge in [-0.25, -0.2) is 9.97 Å². The van der Waals surface area contributed by atoms with Crippen molar-refractivity contribution in [2.24, 2.45) is 5.10 Å². The average Bonchev–Trinajstić information content (AvgIpc) is 2.80. The second-order valence-electron chi connectivity index (χ2n) is 7.15. The molecule has 154 valence electrons. The van der Waals surface area contributed by atoms with Crippen molar-refractivity contribution in [3.8, 4) is 28.4 Å². The third kappa shape index (κ3) is 4.98. The first-order valence-electron chi connectivity index (χ1n) is 9.80. The van der Waals surface area contributed by atoms with Gasteiger partial charge in [0.25, 0.3) is 0 Å². The van der Waals surface area contributed by atoms with Gasteiger partial charge in [0.2, 0.25) is 0 Å². The fourth-order valence-corrected chi connectivity index (χ4v) is 3.34. The summed E-state index contributed by atoms with van der Waals surface area (Å²) in [7, 11) is 0. The number of hydrazone groups is 1. The summed E-state index contributed by atoms with van der Waals surface area (Å²) in [6.07, 6.45) is 0. The maximum atomic E-state index is 9.75. The van der Waals surface area contributed by atoms with Gasteiger partial charge in [-0.05, 0) is 55.3 Å². The number of hydrogen-bond acceptors (Lipinski definition) is 5. The molecular weight excluding hydrogens is 452 g/mol. The molecule has 0 spiro atoms. The Morgan fingerprint density at radius 1 is 0.903 bits per heavy atom. The summed E-state index contributed by atoms with van der Waals surface area (Å²) in [6, 6.07) is 25.2. The summed E-state index contributed by atoms with van der Waals surface area (Å²) in [6.45, 7) is 3.77. The Morgan fingerprint density at radius 3 is 2.35 bits per heavy atom. The number of phenols is 1. The van der Waals surface area contributed by atoms with Crippen LogP contribution in [0.4, 0.5) is 5.82 Å². The van der Waals surface area contributed by atoms with E-state index in [9.17, 15) is 5.11 Å². The Bertz CT molecular complexity index is 1240. The van der Waals surface area contributed by atoms with E-state index in [0.29, 0.717) is 11.6 Å². The molecule has 0 saturated carbocycles. The van der Waals surface area contributed by atoms with Crippen LogP contribution in [0.15, 0.2) is 88.4 Å². The molecule has 0 radical (unpaired) electrons. The van der Waals surface area contributed by atoms with Gasteiger partial charge in [-0.15, -0.1) is 0 Å². The van der Waals surface area contributed by atoms with Crippen molar-refractivity contribution >= 4 is 27.5 Å². The van der Waals surface area contributed by atoms with E-state index in [-0.39, 0.29) is 5.75 Å². The Balaban J connectivity index is 1.71. The fourth-order valence-electron chi connectivity index (χ4n) is 3.08. The van der Waals surface area contributed by atoms with Crippen LogP contribution >= 0.6 is 15.9 Å². The van der Waals surface area contributed by atoms with Gasteiger partial charge < -0.3 is 5.11 Å². The van der Waals surface area contributed by atoms with Crippen LogP contribution in [0.1, 0.15) is 18.1 Å². The molecule has 0 atom stereocenters. The third-order valence-electron chi connectivity index (χ3n) is 4.85. The molecule has 0 saturated heterocycles. The molecule has 31 heavy (non-hydrogen) atoms. The molecule has 0 amide bonds. The monoisotopic (exact) mass is 472 g/mol. The van der Waals surface area contributed by atoms with E-state index in [0.717, 1.165) is 38.1 Å². The standard InChI is InChI=1S/C25H21BrN4O/c1-16-14-20(10-13-23(16)31)17(2)29-30-24-15-22(18-6-4-3-5-7-18)27-25(28-24)19-8-11-21(26)12-9-19/h3-15,31H,1-2H3,(H,27,28,30). The van der Waals surface area contributed by atoms with Crippen molar-refractivity contribution in [2.45, 2.75) is 13.8 Å². The average molecular weight is 473 g/mol. The zero-order valence-electron chi connectivity index (χ0n) is 17.2. The van der Waals surface area contributed by atoms with E-state index in [1.807, 2.05) is 86.6 Å². The van der Waals surface area contributed by atoms with Crippen molar-refractivity contribution in [3.05, 3.63) is 94.5 Å². The number of benzene rings is 3. The van der Waals surface area contributed by atoms with Gasteiger partial charge in [-0.3, -0.25) is 5.43 Å². The minimum atomic E-state index is 0.270. The quantitative estimate of drug-likeness (QED) is 0.259. The van der Waals surface area contributed by atoms with Crippen LogP contribution in [-0.2, 0) is 0 Å². The highest BCUT2D eigenvalue weighted by atomic mass is 79.9. The molecule has 4 aromatic rings. The Labute approximate surface area is 189 Å². The smallest absolute Gasteiger partial charge is 0.162 e. The molecule has 0 aliphatic carbocycles. The zero-order valence-corrected chi connectivity index (χ0v) is 18.8. The fraction of sp³-hybridized carbons (Fsp3) is 0.0800. The molecule has 0 aliphatic rings. The number of hydrogen-bond donors (Lipinski definition) is 2. The van der Waals surface area contributed by atoms with E-state index < -0.39 is 0 Å². The number of phenolic OH excluding ortho intramolecular Hbond substituents is 1. The molecule has 2 N–H and O–H groups in total.